The molecule has 22 heavy (non-hydrogen) atoms. The molecular formula is C19H23NO2. The lowest BCUT2D eigenvalue weighted by Crippen LogP contribution is -2.27. The van der Waals surface area contributed by atoms with E-state index in [1.54, 1.807) is 7.11 Å². The molecule has 116 valence electrons. The van der Waals surface area contributed by atoms with Gasteiger partial charge >= 0.3 is 0 Å². The molecule has 0 saturated heterocycles. The number of ether oxygens (including phenoxy) is 1. The van der Waals surface area contributed by atoms with Crippen LogP contribution in [0.25, 0.3) is 0 Å². The Kier molecular flexibility index (Phi) is 4.86. The minimum atomic E-state index is -0.122. The van der Waals surface area contributed by atoms with Crippen LogP contribution in [0.15, 0.2) is 36.4 Å². The van der Waals surface area contributed by atoms with Gasteiger partial charge in [-0.3, -0.25) is 4.79 Å². The number of rotatable bonds is 4. The molecular weight excluding hydrogens is 274 g/mol. The highest BCUT2D eigenvalue weighted by molar-refractivity contribution is 5.96. The summed E-state index contributed by atoms with van der Waals surface area (Å²) in [6.45, 7) is 7.98. The highest BCUT2D eigenvalue weighted by atomic mass is 16.5. The zero-order valence-electron chi connectivity index (χ0n) is 13.9. The highest BCUT2D eigenvalue weighted by Crippen LogP contribution is 2.26. The lowest BCUT2D eigenvalue weighted by atomic mass is 10.0. The van der Waals surface area contributed by atoms with Gasteiger partial charge in [-0.25, -0.2) is 0 Å². The minimum absolute atomic E-state index is 0.0615. The van der Waals surface area contributed by atoms with Crippen molar-refractivity contribution < 1.29 is 9.53 Å². The van der Waals surface area contributed by atoms with Crippen LogP contribution >= 0.6 is 0 Å². The third-order valence-corrected chi connectivity index (χ3v) is 3.83. The van der Waals surface area contributed by atoms with Crippen molar-refractivity contribution in [3.05, 3.63) is 64.2 Å². The van der Waals surface area contributed by atoms with E-state index in [0.717, 1.165) is 28.0 Å². The van der Waals surface area contributed by atoms with Crippen LogP contribution in [0.5, 0.6) is 5.75 Å². The van der Waals surface area contributed by atoms with E-state index >= 15 is 0 Å². The van der Waals surface area contributed by atoms with Crippen molar-refractivity contribution in [2.45, 2.75) is 33.7 Å². The number of benzene rings is 2. The summed E-state index contributed by atoms with van der Waals surface area (Å²) in [5, 5.41) is 3.06. The van der Waals surface area contributed by atoms with E-state index in [4.69, 9.17) is 4.74 Å². The van der Waals surface area contributed by atoms with Gasteiger partial charge in [-0.1, -0.05) is 35.4 Å². The number of carbonyl (C=O) groups is 1. The first kappa shape index (κ1) is 16.1. The maximum Gasteiger partial charge on any atom is 0.252 e. The van der Waals surface area contributed by atoms with Crippen LogP contribution < -0.4 is 10.1 Å². The van der Waals surface area contributed by atoms with Crippen molar-refractivity contribution >= 4 is 5.91 Å². The van der Waals surface area contributed by atoms with Gasteiger partial charge < -0.3 is 10.1 Å². The molecule has 0 aromatic heterocycles. The van der Waals surface area contributed by atoms with Gasteiger partial charge in [0.1, 0.15) is 5.75 Å². The number of hydrogen-bond donors (Lipinski definition) is 1. The van der Waals surface area contributed by atoms with Crippen LogP contribution in [0.2, 0.25) is 0 Å². The van der Waals surface area contributed by atoms with E-state index in [0.29, 0.717) is 5.56 Å². The molecule has 3 nitrogen and oxygen atoms in total. The molecule has 0 aliphatic heterocycles. The molecule has 2 rings (SSSR count). The van der Waals surface area contributed by atoms with Crippen LogP contribution in [0.4, 0.5) is 0 Å². The van der Waals surface area contributed by atoms with E-state index in [1.165, 1.54) is 0 Å². The van der Waals surface area contributed by atoms with Crippen molar-refractivity contribution in [3.8, 4) is 5.75 Å². The van der Waals surface area contributed by atoms with Crippen LogP contribution in [0, 0.1) is 20.8 Å². The van der Waals surface area contributed by atoms with Crippen molar-refractivity contribution in [1.82, 2.24) is 5.32 Å². The van der Waals surface area contributed by atoms with Gasteiger partial charge in [-0.15, -0.1) is 0 Å². The molecule has 0 radical (unpaired) electrons. The summed E-state index contributed by atoms with van der Waals surface area (Å²) in [5.74, 6) is 0.729. The van der Waals surface area contributed by atoms with Crippen LogP contribution in [-0.4, -0.2) is 13.0 Å². The lowest BCUT2D eigenvalue weighted by molar-refractivity contribution is 0.0939. The first-order valence-electron chi connectivity index (χ1n) is 7.45. The maximum atomic E-state index is 12.5. The second kappa shape index (κ2) is 6.65. The van der Waals surface area contributed by atoms with Crippen LogP contribution in [0.3, 0.4) is 0 Å². The number of carbonyl (C=O) groups excluding carboxylic acids is 1. The van der Waals surface area contributed by atoms with Crippen molar-refractivity contribution in [1.29, 1.82) is 0 Å². The van der Waals surface area contributed by atoms with E-state index in [-0.39, 0.29) is 11.9 Å². The number of nitrogens with one attached hydrogen (secondary N) is 1. The Hall–Kier alpha value is -2.29. The summed E-state index contributed by atoms with van der Waals surface area (Å²) >= 11 is 0. The average molecular weight is 297 g/mol. The summed E-state index contributed by atoms with van der Waals surface area (Å²) in [7, 11) is 1.65. The summed E-state index contributed by atoms with van der Waals surface area (Å²) in [6.07, 6.45) is 0. The maximum absolute atomic E-state index is 12.5. The average Bonchev–Trinajstić information content (AvgIpc) is 2.46. The lowest BCUT2D eigenvalue weighted by Gasteiger charge is -2.18. The Morgan fingerprint density at radius 3 is 2.32 bits per heavy atom. The first-order chi connectivity index (χ1) is 10.4. The number of aryl methyl sites for hydroxylation is 3. The molecule has 0 heterocycles. The zero-order valence-corrected chi connectivity index (χ0v) is 13.9. The quantitative estimate of drug-likeness (QED) is 0.922. The molecule has 0 spiro atoms. The number of hydrogen-bond acceptors (Lipinski definition) is 2. The van der Waals surface area contributed by atoms with Gasteiger partial charge in [0.25, 0.3) is 5.91 Å². The number of methoxy groups -OCH3 is 1. The predicted octanol–water partition coefficient (Wildman–Crippen LogP) is 4.11. The molecule has 0 fully saturated rings. The fraction of sp³-hybridized carbons (Fsp3) is 0.316. The molecule has 1 amide bonds. The minimum Gasteiger partial charge on any atom is -0.496 e. The zero-order chi connectivity index (χ0) is 16.3. The van der Waals surface area contributed by atoms with Gasteiger partial charge in [-0.05, 0) is 45.4 Å². The van der Waals surface area contributed by atoms with E-state index < -0.39 is 0 Å². The SMILES string of the molecule is COc1ccc(C)cc1[C@@H](C)NC(=O)c1ccc(C)cc1C. The largest absolute Gasteiger partial charge is 0.496 e. The third-order valence-electron chi connectivity index (χ3n) is 3.83. The van der Waals surface area contributed by atoms with Gasteiger partial charge in [0.05, 0.1) is 13.2 Å². The summed E-state index contributed by atoms with van der Waals surface area (Å²) in [4.78, 5) is 12.5. The summed E-state index contributed by atoms with van der Waals surface area (Å²) in [6, 6.07) is 11.7. The second-order valence-corrected chi connectivity index (χ2v) is 5.76. The molecule has 0 aliphatic carbocycles. The van der Waals surface area contributed by atoms with E-state index in [9.17, 15) is 4.79 Å². The van der Waals surface area contributed by atoms with E-state index in [2.05, 4.69) is 5.32 Å². The van der Waals surface area contributed by atoms with Gasteiger partial charge in [0.15, 0.2) is 0 Å². The second-order valence-electron chi connectivity index (χ2n) is 5.76. The van der Waals surface area contributed by atoms with Crippen molar-refractivity contribution in [3.63, 3.8) is 0 Å². The van der Waals surface area contributed by atoms with Crippen molar-refractivity contribution in [2.75, 3.05) is 7.11 Å². The van der Waals surface area contributed by atoms with Crippen LogP contribution in [-0.2, 0) is 0 Å². The molecule has 0 aliphatic rings. The molecule has 0 bridgehead atoms. The Balaban J connectivity index is 2.23. The normalized spacial score (nSPS) is 11.9. The molecule has 1 atom stereocenters. The smallest absolute Gasteiger partial charge is 0.252 e. The summed E-state index contributed by atoms with van der Waals surface area (Å²) in [5.41, 5.74) is 4.98. The first-order valence-corrected chi connectivity index (χ1v) is 7.45. The van der Waals surface area contributed by atoms with Gasteiger partial charge in [-0.2, -0.15) is 0 Å². The molecule has 2 aromatic carbocycles. The summed E-state index contributed by atoms with van der Waals surface area (Å²) < 4.78 is 5.40. The molecule has 3 heteroatoms. The highest BCUT2D eigenvalue weighted by Gasteiger charge is 2.16. The Morgan fingerprint density at radius 2 is 1.68 bits per heavy atom. The van der Waals surface area contributed by atoms with Crippen molar-refractivity contribution in [2.24, 2.45) is 0 Å². The van der Waals surface area contributed by atoms with E-state index in [1.807, 2.05) is 64.1 Å². The molecule has 1 N–H and O–H groups in total. The van der Waals surface area contributed by atoms with Gasteiger partial charge in [0, 0.05) is 11.1 Å². The number of amides is 1. The topological polar surface area (TPSA) is 38.3 Å². The standard InChI is InChI=1S/C19H23NO2/c1-12-6-8-16(14(3)10-12)19(21)20-15(4)17-11-13(2)7-9-18(17)22-5/h6-11,15H,1-5H3,(H,20,21)/t15-/m1/s1. The third kappa shape index (κ3) is 3.48. The predicted molar refractivity (Wildman–Crippen MR) is 89.5 cm³/mol. The molecule has 2 aromatic rings. The van der Waals surface area contributed by atoms with Gasteiger partial charge in [0.2, 0.25) is 0 Å². The Bertz CT molecular complexity index is 692. The fourth-order valence-electron chi connectivity index (χ4n) is 2.61. The molecule has 0 unspecified atom stereocenters. The Morgan fingerprint density at radius 1 is 1.05 bits per heavy atom. The molecule has 0 saturated carbocycles. The van der Waals surface area contributed by atoms with Crippen LogP contribution in [0.1, 0.15) is 45.6 Å². The fourth-order valence-corrected chi connectivity index (χ4v) is 2.61. The monoisotopic (exact) mass is 297 g/mol. The Labute approximate surface area is 132 Å².